The van der Waals surface area contributed by atoms with Crippen LogP contribution in [0.25, 0.3) is 0 Å². The highest BCUT2D eigenvalue weighted by molar-refractivity contribution is 6.04. The SMILES string of the molecule is Cc1cccc(NC(=O)C2CC2C(=O)N(Cc2ccccc2)c2ccccc2)c1C. The third-order valence-corrected chi connectivity index (χ3v) is 5.82. The maximum absolute atomic E-state index is 13.3. The summed E-state index contributed by atoms with van der Waals surface area (Å²) in [7, 11) is 0. The van der Waals surface area contributed by atoms with E-state index in [1.807, 2.05) is 92.7 Å². The first kappa shape index (κ1) is 19.9. The number of benzene rings is 3. The van der Waals surface area contributed by atoms with E-state index in [1.165, 1.54) is 0 Å². The van der Waals surface area contributed by atoms with Gasteiger partial charge >= 0.3 is 0 Å². The van der Waals surface area contributed by atoms with Gasteiger partial charge in [-0.15, -0.1) is 0 Å². The number of rotatable bonds is 6. The molecule has 1 aliphatic carbocycles. The van der Waals surface area contributed by atoms with Crippen LogP contribution in [0, 0.1) is 25.7 Å². The second-order valence-corrected chi connectivity index (χ2v) is 7.93. The average molecular weight is 399 g/mol. The molecule has 0 aliphatic heterocycles. The Kier molecular flexibility index (Phi) is 5.66. The van der Waals surface area contributed by atoms with E-state index in [0.29, 0.717) is 13.0 Å². The van der Waals surface area contributed by atoms with E-state index in [-0.39, 0.29) is 23.7 Å². The predicted molar refractivity (Wildman–Crippen MR) is 120 cm³/mol. The number of carbonyl (C=O) groups is 2. The van der Waals surface area contributed by atoms with Gasteiger partial charge in [0.15, 0.2) is 0 Å². The predicted octanol–water partition coefficient (Wildman–Crippen LogP) is 5.11. The monoisotopic (exact) mass is 398 g/mol. The normalized spacial score (nSPS) is 17.3. The Balaban J connectivity index is 1.49. The molecule has 0 bridgehead atoms. The van der Waals surface area contributed by atoms with Crippen molar-refractivity contribution in [3.05, 3.63) is 95.6 Å². The largest absolute Gasteiger partial charge is 0.326 e. The zero-order chi connectivity index (χ0) is 21.1. The lowest BCUT2D eigenvalue weighted by atomic mass is 10.1. The highest BCUT2D eigenvalue weighted by Gasteiger charge is 2.49. The maximum Gasteiger partial charge on any atom is 0.231 e. The van der Waals surface area contributed by atoms with Gasteiger partial charge in [-0.2, -0.15) is 0 Å². The van der Waals surface area contributed by atoms with Crippen LogP contribution in [0.5, 0.6) is 0 Å². The number of hydrogen-bond donors (Lipinski definition) is 1. The summed E-state index contributed by atoms with van der Waals surface area (Å²) in [5.74, 6) is -0.626. The number of nitrogens with one attached hydrogen (secondary N) is 1. The van der Waals surface area contributed by atoms with E-state index in [4.69, 9.17) is 0 Å². The molecule has 2 amide bonds. The minimum absolute atomic E-state index is 0.00571. The molecular formula is C26H26N2O2. The fraction of sp³-hybridized carbons (Fsp3) is 0.231. The van der Waals surface area contributed by atoms with Crippen LogP contribution in [0.4, 0.5) is 11.4 Å². The minimum Gasteiger partial charge on any atom is -0.326 e. The highest BCUT2D eigenvalue weighted by atomic mass is 16.2. The molecule has 0 spiro atoms. The van der Waals surface area contributed by atoms with Crippen molar-refractivity contribution in [3.8, 4) is 0 Å². The average Bonchev–Trinajstić information content (AvgIpc) is 3.57. The number of hydrogen-bond acceptors (Lipinski definition) is 2. The number of aryl methyl sites for hydroxylation is 1. The quantitative estimate of drug-likeness (QED) is 0.627. The number of para-hydroxylation sites is 1. The van der Waals surface area contributed by atoms with Gasteiger partial charge in [0.1, 0.15) is 0 Å². The Morgan fingerprint density at radius 1 is 0.867 bits per heavy atom. The molecule has 3 aromatic rings. The Bertz CT molecular complexity index is 1050. The van der Waals surface area contributed by atoms with Crippen molar-refractivity contribution in [2.75, 3.05) is 10.2 Å². The first-order valence-electron chi connectivity index (χ1n) is 10.3. The lowest BCUT2D eigenvalue weighted by molar-refractivity contribution is -0.123. The standard InChI is InChI=1S/C26H26N2O2/c1-18-10-9-15-24(19(18)2)27-25(29)22-16-23(22)26(30)28(21-13-7-4-8-14-21)17-20-11-5-3-6-12-20/h3-15,22-23H,16-17H2,1-2H3,(H,27,29). The van der Waals surface area contributed by atoms with Crippen molar-refractivity contribution in [3.63, 3.8) is 0 Å². The third-order valence-electron chi connectivity index (χ3n) is 5.82. The van der Waals surface area contributed by atoms with Crippen LogP contribution >= 0.6 is 0 Å². The van der Waals surface area contributed by atoms with Crippen LogP contribution in [0.3, 0.4) is 0 Å². The van der Waals surface area contributed by atoms with E-state index < -0.39 is 0 Å². The van der Waals surface area contributed by atoms with Gasteiger partial charge in [-0.3, -0.25) is 9.59 Å². The second-order valence-electron chi connectivity index (χ2n) is 7.93. The van der Waals surface area contributed by atoms with Gasteiger partial charge in [0.05, 0.1) is 18.4 Å². The lowest BCUT2D eigenvalue weighted by Crippen LogP contribution is -2.33. The highest BCUT2D eigenvalue weighted by Crippen LogP contribution is 2.42. The summed E-state index contributed by atoms with van der Waals surface area (Å²) in [4.78, 5) is 27.9. The van der Waals surface area contributed by atoms with Crippen molar-refractivity contribution in [1.29, 1.82) is 0 Å². The summed E-state index contributed by atoms with van der Waals surface area (Å²) < 4.78 is 0. The summed E-state index contributed by atoms with van der Waals surface area (Å²) in [6, 6.07) is 25.5. The van der Waals surface area contributed by atoms with Gasteiger partial charge in [0, 0.05) is 11.4 Å². The number of anilines is 2. The molecule has 1 saturated carbocycles. The molecule has 30 heavy (non-hydrogen) atoms. The molecule has 1 aliphatic rings. The smallest absolute Gasteiger partial charge is 0.231 e. The van der Waals surface area contributed by atoms with Gasteiger partial charge in [-0.05, 0) is 55.2 Å². The van der Waals surface area contributed by atoms with Crippen molar-refractivity contribution in [2.24, 2.45) is 11.8 Å². The first-order chi connectivity index (χ1) is 14.5. The molecule has 152 valence electrons. The fourth-order valence-corrected chi connectivity index (χ4v) is 3.74. The molecular weight excluding hydrogens is 372 g/mol. The van der Waals surface area contributed by atoms with Crippen LogP contribution in [-0.2, 0) is 16.1 Å². The minimum atomic E-state index is -0.279. The first-order valence-corrected chi connectivity index (χ1v) is 10.3. The van der Waals surface area contributed by atoms with E-state index in [0.717, 1.165) is 28.1 Å². The summed E-state index contributed by atoms with van der Waals surface area (Å²) >= 11 is 0. The molecule has 2 atom stereocenters. The molecule has 0 radical (unpaired) electrons. The molecule has 0 aromatic heterocycles. The molecule has 4 heteroatoms. The van der Waals surface area contributed by atoms with Crippen LogP contribution in [0.15, 0.2) is 78.9 Å². The van der Waals surface area contributed by atoms with E-state index in [2.05, 4.69) is 5.32 Å². The molecule has 1 N–H and O–H groups in total. The maximum atomic E-state index is 13.3. The molecule has 2 unspecified atom stereocenters. The Labute approximate surface area is 177 Å². The second kappa shape index (κ2) is 8.54. The van der Waals surface area contributed by atoms with Crippen LogP contribution in [0.2, 0.25) is 0 Å². The topological polar surface area (TPSA) is 49.4 Å². The van der Waals surface area contributed by atoms with Crippen molar-refractivity contribution in [1.82, 2.24) is 0 Å². The van der Waals surface area contributed by atoms with Gasteiger partial charge < -0.3 is 10.2 Å². The van der Waals surface area contributed by atoms with Gasteiger partial charge in [-0.25, -0.2) is 0 Å². The van der Waals surface area contributed by atoms with Crippen molar-refractivity contribution < 1.29 is 9.59 Å². The molecule has 1 fully saturated rings. The van der Waals surface area contributed by atoms with E-state index >= 15 is 0 Å². The summed E-state index contributed by atoms with van der Waals surface area (Å²) in [5.41, 5.74) is 4.93. The third kappa shape index (κ3) is 4.28. The summed E-state index contributed by atoms with van der Waals surface area (Å²) in [5, 5.41) is 3.02. The van der Waals surface area contributed by atoms with Crippen LogP contribution in [-0.4, -0.2) is 11.8 Å². The Hall–Kier alpha value is -3.40. The Morgan fingerprint density at radius 3 is 2.23 bits per heavy atom. The van der Waals surface area contributed by atoms with Gasteiger partial charge in [0.2, 0.25) is 11.8 Å². The number of amides is 2. The molecule has 0 heterocycles. The van der Waals surface area contributed by atoms with Gasteiger partial charge in [-0.1, -0.05) is 60.7 Å². The Morgan fingerprint density at radius 2 is 1.53 bits per heavy atom. The van der Waals surface area contributed by atoms with Crippen molar-refractivity contribution >= 4 is 23.2 Å². The molecule has 3 aromatic carbocycles. The van der Waals surface area contributed by atoms with Crippen LogP contribution in [0.1, 0.15) is 23.1 Å². The number of carbonyl (C=O) groups excluding carboxylic acids is 2. The van der Waals surface area contributed by atoms with Gasteiger partial charge in [0.25, 0.3) is 0 Å². The summed E-state index contributed by atoms with van der Waals surface area (Å²) in [6.07, 6.45) is 0.591. The zero-order valence-electron chi connectivity index (χ0n) is 17.3. The van der Waals surface area contributed by atoms with Crippen molar-refractivity contribution in [2.45, 2.75) is 26.8 Å². The lowest BCUT2D eigenvalue weighted by Gasteiger charge is -2.23. The molecule has 0 saturated heterocycles. The van der Waals surface area contributed by atoms with E-state index in [9.17, 15) is 9.59 Å². The fourth-order valence-electron chi connectivity index (χ4n) is 3.74. The van der Waals surface area contributed by atoms with E-state index in [1.54, 1.807) is 4.90 Å². The number of nitrogens with zero attached hydrogens (tertiary/aromatic N) is 1. The summed E-state index contributed by atoms with van der Waals surface area (Å²) in [6.45, 7) is 4.51. The zero-order valence-corrected chi connectivity index (χ0v) is 17.3. The molecule has 4 nitrogen and oxygen atoms in total. The molecule has 4 rings (SSSR count). The van der Waals surface area contributed by atoms with Crippen LogP contribution < -0.4 is 10.2 Å².